The van der Waals surface area contributed by atoms with Gasteiger partial charge in [-0.05, 0) is 62.1 Å². The highest BCUT2D eigenvalue weighted by atomic mass is 19.1. The Morgan fingerprint density at radius 2 is 1.95 bits per heavy atom. The maximum Gasteiger partial charge on any atom is 0.315 e. The quantitative estimate of drug-likeness (QED) is 0.757. The number of aliphatic hydroxyl groups excluding tert-OH is 1. The Kier molecular flexibility index (Phi) is 4.08. The fourth-order valence-corrected chi connectivity index (χ4v) is 3.00. The second kappa shape index (κ2) is 5.88. The normalized spacial score (nSPS) is 21.8. The Bertz CT molecular complexity index is 540. The minimum atomic E-state index is -0.555. The zero-order valence-corrected chi connectivity index (χ0v) is 12.8. The lowest BCUT2D eigenvalue weighted by Crippen LogP contribution is -2.54. The van der Waals surface area contributed by atoms with E-state index in [1.54, 1.807) is 12.1 Å². The molecule has 0 saturated heterocycles. The van der Waals surface area contributed by atoms with Crippen LogP contribution in [-0.2, 0) is 0 Å². The van der Waals surface area contributed by atoms with Gasteiger partial charge < -0.3 is 15.7 Å². The van der Waals surface area contributed by atoms with E-state index in [0.717, 1.165) is 31.2 Å². The fourth-order valence-electron chi connectivity index (χ4n) is 3.00. The highest BCUT2D eigenvalue weighted by Gasteiger charge is 2.43. The van der Waals surface area contributed by atoms with E-state index < -0.39 is 5.54 Å². The van der Waals surface area contributed by atoms with Crippen molar-refractivity contribution in [1.29, 1.82) is 0 Å². The minimum absolute atomic E-state index is 0.0598. The van der Waals surface area contributed by atoms with Crippen LogP contribution in [0.1, 0.15) is 44.2 Å². The zero-order chi connectivity index (χ0) is 15.7. The number of halogens is 1. The molecule has 0 radical (unpaired) electrons. The number of aliphatic hydroxyl groups is 1. The van der Waals surface area contributed by atoms with Crippen molar-refractivity contribution in [2.45, 2.75) is 44.2 Å². The van der Waals surface area contributed by atoms with Gasteiger partial charge in [0.2, 0.25) is 0 Å². The molecule has 1 aromatic rings. The molecule has 0 bridgehead atoms. The average Bonchev–Trinajstić information content (AvgIpc) is 3.38. The molecule has 0 aromatic heterocycles. The standard InChI is InChI=1S/C17H23FN2O2/c1-17(10-21,13-6-7-13)20-16(22)19-15(11-2-3-11)12-4-8-14(18)9-5-12/h4-5,8-9,11,13,15,21H,2-3,6-7,10H2,1H3,(H2,19,20,22)/t15-,17-/m1/s1. The highest BCUT2D eigenvalue weighted by Crippen LogP contribution is 2.42. The number of rotatable bonds is 6. The molecule has 3 N–H and O–H groups in total. The van der Waals surface area contributed by atoms with E-state index in [1.807, 2.05) is 6.92 Å². The van der Waals surface area contributed by atoms with E-state index in [1.165, 1.54) is 12.1 Å². The van der Waals surface area contributed by atoms with Gasteiger partial charge >= 0.3 is 6.03 Å². The molecule has 2 saturated carbocycles. The van der Waals surface area contributed by atoms with Crippen molar-refractivity contribution >= 4 is 6.03 Å². The van der Waals surface area contributed by atoms with Crippen LogP contribution >= 0.6 is 0 Å². The second-order valence-electron chi connectivity index (χ2n) is 6.81. The summed E-state index contributed by atoms with van der Waals surface area (Å²) < 4.78 is 13.1. The first-order valence-electron chi connectivity index (χ1n) is 7.97. The molecule has 2 aliphatic rings. The van der Waals surface area contributed by atoms with Crippen LogP contribution in [0.15, 0.2) is 24.3 Å². The predicted octanol–water partition coefficient (Wildman–Crippen LogP) is 2.74. The minimum Gasteiger partial charge on any atom is -0.394 e. The molecule has 2 atom stereocenters. The van der Waals surface area contributed by atoms with Crippen LogP contribution < -0.4 is 10.6 Å². The van der Waals surface area contributed by atoms with Gasteiger partial charge in [0.05, 0.1) is 18.2 Å². The summed E-state index contributed by atoms with van der Waals surface area (Å²) >= 11 is 0. The van der Waals surface area contributed by atoms with E-state index in [2.05, 4.69) is 10.6 Å². The van der Waals surface area contributed by atoms with Gasteiger partial charge in [-0.2, -0.15) is 0 Å². The van der Waals surface area contributed by atoms with Crippen molar-refractivity contribution in [3.05, 3.63) is 35.6 Å². The Hall–Kier alpha value is -1.62. The molecule has 22 heavy (non-hydrogen) atoms. The summed E-state index contributed by atoms with van der Waals surface area (Å²) in [5, 5.41) is 15.5. The third-order valence-corrected chi connectivity index (χ3v) is 4.82. The van der Waals surface area contributed by atoms with E-state index in [4.69, 9.17) is 0 Å². The summed E-state index contributed by atoms with van der Waals surface area (Å²) in [6.45, 7) is 1.82. The number of hydrogen-bond acceptors (Lipinski definition) is 2. The largest absolute Gasteiger partial charge is 0.394 e. The number of amides is 2. The molecule has 4 nitrogen and oxygen atoms in total. The maximum atomic E-state index is 13.1. The molecular weight excluding hydrogens is 283 g/mol. The fraction of sp³-hybridized carbons (Fsp3) is 0.588. The molecule has 1 aromatic carbocycles. The molecule has 2 amide bonds. The van der Waals surface area contributed by atoms with Crippen molar-refractivity contribution in [2.24, 2.45) is 11.8 Å². The van der Waals surface area contributed by atoms with Gasteiger partial charge in [0.1, 0.15) is 5.82 Å². The Morgan fingerprint density at radius 3 is 2.45 bits per heavy atom. The molecule has 0 aliphatic heterocycles. The van der Waals surface area contributed by atoms with Gasteiger partial charge in [0, 0.05) is 0 Å². The molecular formula is C17H23FN2O2. The summed E-state index contributed by atoms with van der Waals surface area (Å²) in [5.74, 6) is 0.496. The molecule has 5 heteroatoms. The summed E-state index contributed by atoms with van der Waals surface area (Å²) in [4.78, 5) is 12.3. The molecule has 0 heterocycles. The van der Waals surface area contributed by atoms with Gasteiger partial charge in [-0.25, -0.2) is 9.18 Å². The monoisotopic (exact) mass is 306 g/mol. The molecule has 0 spiro atoms. The van der Waals surface area contributed by atoms with E-state index >= 15 is 0 Å². The third-order valence-electron chi connectivity index (χ3n) is 4.82. The van der Waals surface area contributed by atoms with E-state index in [0.29, 0.717) is 11.8 Å². The van der Waals surface area contributed by atoms with Crippen molar-refractivity contribution in [3.8, 4) is 0 Å². The van der Waals surface area contributed by atoms with Crippen molar-refractivity contribution in [1.82, 2.24) is 10.6 Å². The van der Waals surface area contributed by atoms with Gasteiger partial charge in [-0.1, -0.05) is 12.1 Å². The second-order valence-corrected chi connectivity index (χ2v) is 6.81. The van der Waals surface area contributed by atoms with Crippen LogP contribution in [0.5, 0.6) is 0 Å². The van der Waals surface area contributed by atoms with Crippen LogP contribution in [0.25, 0.3) is 0 Å². The van der Waals surface area contributed by atoms with Crippen LogP contribution in [0.3, 0.4) is 0 Å². The summed E-state index contributed by atoms with van der Waals surface area (Å²) in [7, 11) is 0. The highest BCUT2D eigenvalue weighted by molar-refractivity contribution is 5.75. The number of nitrogens with one attached hydrogen (secondary N) is 2. The van der Waals surface area contributed by atoms with E-state index in [-0.39, 0.29) is 24.5 Å². The van der Waals surface area contributed by atoms with Gasteiger partial charge in [0.15, 0.2) is 0 Å². The number of hydrogen-bond donors (Lipinski definition) is 3. The molecule has 2 fully saturated rings. The van der Waals surface area contributed by atoms with Gasteiger partial charge in [-0.15, -0.1) is 0 Å². The zero-order valence-electron chi connectivity index (χ0n) is 12.8. The van der Waals surface area contributed by atoms with E-state index in [9.17, 15) is 14.3 Å². The number of urea groups is 1. The summed E-state index contributed by atoms with van der Waals surface area (Å²) in [6, 6.07) is 5.95. The topological polar surface area (TPSA) is 61.4 Å². The summed E-state index contributed by atoms with van der Waals surface area (Å²) in [6.07, 6.45) is 4.23. The lowest BCUT2D eigenvalue weighted by Gasteiger charge is -2.30. The number of carbonyl (C=O) groups is 1. The Morgan fingerprint density at radius 1 is 1.32 bits per heavy atom. The molecule has 2 aliphatic carbocycles. The first-order valence-corrected chi connectivity index (χ1v) is 7.97. The smallest absolute Gasteiger partial charge is 0.315 e. The number of carbonyl (C=O) groups excluding carboxylic acids is 1. The van der Waals surface area contributed by atoms with Crippen molar-refractivity contribution < 1.29 is 14.3 Å². The van der Waals surface area contributed by atoms with Crippen LogP contribution in [-0.4, -0.2) is 23.3 Å². The molecule has 0 unspecified atom stereocenters. The number of benzene rings is 1. The van der Waals surface area contributed by atoms with Crippen LogP contribution in [0, 0.1) is 17.7 Å². The average molecular weight is 306 g/mol. The molecule has 3 rings (SSSR count). The van der Waals surface area contributed by atoms with Crippen molar-refractivity contribution in [3.63, 3.8) is 0 Å². The lowest BCUT2D eigenvalue weighted by atomic mass is 9.97. The SMILES string of the molecule is C[C@](CO)(NC(=O)N[C@@H](c1ccc(F)cc1)C1CC1)C1CC1. The van der Waals surface area contributed by atoms with Crippen LogP contribution in [0.2, 0.25) is 0 Å². The Balaban J connectivity index is 1.66. The van der Waals surface area contributed by atoms with Crippen LogP contribution in [0.4, 0.5) is 9.18 Å². The third kappa shape index (κ3) is 3.40. The van der Waals surface area contributed by atoms with Gasteiger partial charge in [0.25, 0.3) is 0 Å². The van der Waals surface area contributed by atoms with Crippen molar-refractivity contribution in [2.75, 3.05) is 6.61 Å². The molecule has 120 valence electrons. The van der Waals surface area contributed by atoms with Gasteiger partial charge in [-0.3, -0.25) is 0 Å². The lowest BCUT2D eigenvalue weighted by molar-refractivity contribution is 0.153. The predicted molar refractivity (Wildman–Crippen MR) is 81.7 cm³/mol. The Labute approximate surface area is 130 Å². The first-order chi connectivity index (χ1) is 10.5. The first kappa shape index (κ1) is 15.3. The summed E-state index contributed by atoms with van der Waals surface area (Å²) in [5.41, 5.74) is 0.372. The maximum absolute atomic E-state index is 13.1.